The van der Waals surface area contributed by atoms with Gasteiger partial charge in [0.15, 0.2) is 5.78 Å². The van der Waals surface area contributed by atoms with Crippen LogP contribution in [0.2, 0.25) is 0 Å². The Morgan fingerprint density at radius 3 is 1.09 bits per heavy atom. The summed E-state index contributed by atoms with van der Waals surface area (Å²) in [5.74, 6) is 9.69. The lowest BCUT2D eigenvalue weighted by Crippen LogP contribution is -2.03. The third-order valence-corrected chi connectivity index (χ3v) is 3.06. The average Bonchev–Trinajstić information content (AvgIpc) is 2.59. The number of terminal acetylenes is 4. The van der Waals surface area contributed by atoms with Gasteiger partial charge in [-0.15, -0.1) is 25.7 Å². The largest absolute Gasteiger partial charge is 0.289 e. The second kappa shape index (κ2) is 6.20. The summed E-state index contributed by atoms with van der Waals surface area (Å²) in [7, 11) is 0. The first-order valence-electron chi connectivity index (χ1n) is 6.32. The minimum Gasteiger partial charge on any atom is -0.289 e. The molecule has 0 aliphatic carbocycles. The van der Waals surface area contributed by atoms with E-state index in [1.807, 2.05) is 0 Å². The molecule has 0 aliphatic rings. The van der Waals surface area contributed by atoms with Gasteiger partial charge in [0.05, 0.1) is 0 Å². The van der Waals surface area contributed by atoms with Gasteiger partial charge in [0.2, 0.25) is 0 Å². The van der Waals surface area contributed by atoms with E-state index in [4.69, 9.17) is 25.7 Å². The summed E-state index contributed by atoms with van der Waals surface area (Å²) in [6, 6.07) is 9.79. The van der Waals surface area contributed by atoms with Gasteiger partial charge in [-0.2, -0.15) is 0 Å². The van der Waals surface area contributed by atoms with Crippen LogP contribution in [0.15, 0.2) is 36.4 Å². The zero-order chi connectivity index (χ0) is 16.1. The number of rotatable bonds is 2. The molecule has 0 fully saturated rings. The molecule has 0 aromatic heterocycles. The second-order valence-electron chi connectivity index (χ2n) is 4.50. The first kappa shape index (κ1) is 14.8. The van der Waals surface area contributed by atoms with Crippen molar-refractivity contribution in [2.75, 3.05) is 0 Å². The monoisotopic (exact) mass is 278 g/mol. The molecule has 0 atom stereocenters. The van der Waals surface area contributed by atoms with Crippen LogP contribution in [-0.2, 0) is 0 Å². The summed E-state index contributed by atoms with van der Waals surface area (Å²) in [6.45, 7) is 0. The van der Waals surface area contributed by atoms with Crippen molar-refractivity contribution >= 4 is 5.78 Å². The Morgan fingerprint density at radius 2 is 0.864 bits per heavy atom. The molecule has 2 aromatic carbocycles. The fraction of sp³-hybridized carbons (Fsp3) is 0. The molecule has 2 rings (SSSR count). The lowest BCUT2D eigenvalue weighted by Gasteiger charge is -2.05. The second-order valence-corrected chi connectivity index (χ2v) is 4.50. The van der Waals surface area contributed by atoms with Crippen molar-refractivity contribution < 1.29 is 4.79 Å². The van der Waals surface area contributed by atoms with Gasteiger partial charge in [-0.3, -0.25) is 4.79 Å². The van der Waals surface area contributed by atoms with E-state index in [1.165, 1.54) is 0 Å². The Balaban J connectivity index is 2.59. The SMILES string of the molecule is C#Cc1cc(C#C)cc(C(=O)c2cc(C#C)cc(C#C)c2)c1. The Bertz CT molecular complexity index is 790. The van der Waals surface area contributed by atoms with Gasteiger partial charge < -0.3 is 0 Å². The maximum Gasteiger partial charge on any atom is 0.193 e. The van der Waals surface area contributed by atoms with E-state index in [2.05, 4.69) is 23.7 Å². The molecule has 0 amide bonds. The minimum absolute atomic E-state index is 0.234. The quantitative estimate of drug-likeness (QED) is 0.610. The molecular formula is C21H10O. The first-order valence-corrected chi connectivity index (χ1v) is 6.32. The molecule has 0 aliphatic heterocycles. The van der Waals surface area contributed by atoms with Crippen LogP contribution in [0.25, 0.3) is 0 Å². The molecule has 0 bridgehead atoms. The van der Waals surface area contributed by atoms with Crippen LogP contribution >= 0.6 is 0 Å². The summed E-state index contributed by atoms with van der Waals surface area (Å²) in [5, 5.41) is 0. The number of carbonyl (C=O) groups excluding carboxylic acids is 1. The minimum atomic E-state index is -0.234. The molecule has 1 nitrogen and oxygen atoms in total. The van der Waals surface area contributed by atoms with E-state index < -0.39 is 0 Å². The Hall–Kier alpha value is -3.65. The number of benzene rings is 2. The van der Waals surface area contributed by atoms with E-state index in [1.54, 1.807) is 36.4 Å². The third kappa shape index (κ3) is 2.92. The predicted molar refractivity (Wildman–Crippen MR) is 88.1 cm³/mol. The fourth-order valence-corrected chi connectivity index (χ4v) is 2.02. The summed E-state index contributed by atoms with van der Waals surface area (Å²) in [4.78, 5) is 12.6. The Morgan fingerprint density at radius 1 is 0.591 bits per heavy atom. The molecule has 100 valence electrons. The number of hydrogen-bond donors (Lipinski definition) is 0. The Labute approximate surface area is 130 Å². The average molecular weight is 278 g/mol. The molecule has 0 spiro atoms. The van der Waals surface area contributed by atoms with Crippen LogP contribution in [0.4, 0.5) is 0 Å². The zero-order valence-electron chi connectivity index (χ0n) is 11.7. The fourth-order valence-electron chi connectivity index (χ4n) is 2.02. The Kier molecular flexibility index (Phi) is 4.16. The highest BCUT2D eigenvalue weighted by Crippen LogP contribution is 2.17. The third-order valence-electron chi connectivity index (χ3n) is 3.06. The van der Waals surface area contributed by atoms with Crippen LogP contribution in [0, 0.1) is 49.4 Å². The standard InChI is InChI=1S/C21H10O/c1-5-15-9-16(6-2)12-19(11-15)21(22)20-13-17(7-3)10-18(8-4)14-20/h1-4,9-14H. The van der Waals surface area contributed by atoms with Crippen LogP contribution in [0.5, 0.6) is 0 Å². The molecule has 0 heterocycles. The molecule has 22 heavy (non-hydrogen) atoms. The van der Waals surface area contributed by atoms with Crippen LogP contribution in [-0.4, -0.2) is 5.78 Å². The van der Waals surface area contributed by atoms with Gasteiger partial charge in [-0.05, 0) is 36.4 Å². The van der Waals surface area contributed by atoms with Gasteiger partial charge in [-0.1, -0.05) is 23.7 Å². The summed E-state index contributed by atoms with van der Waals surface area (Å²) in [5.41, 5.74) is 2.99. The highest BCUT2D eigenvalue weighted by Gasteiger charge is 2.12. The first-order chi connectivity index (χ1) is 10.6. The molecule has 2 aromatic rings. The summed E-state index contributed by atoms with van der Waals surface area (Å²) >= 11 is 0. The topological polar surface area (TPSA) is 17.1 Å². The van der Waals surface area contributed by atoms with Gasteiger partial charge in [0.25, 0.3) is 0 Å². The van der Waals surface area contributed by atoms with Crippen molar-refractivity contribution in [3.05, 3.63) is 69.8 Å². The van der Waals surface area contributed by atoms with Crippen LogP contribution in [0.3, 0.4) is 0 Å². The highest BCUT2D eigenvalue weighted by atomic mass is 16.1. The van der Waals surface area contributed by atoms with E-state index in [0.29, 0.717) is 33.4 Å². The van der Waals surface area contributed by atoms with Gasteiger partial charge in [-0.25, -0.2) is 0 Å². The van der Waals surface area contributed by atoms with Gasteiger partial charge in [0.1, 0.15) is 0 Å². The maximum absolute atomic E-state index is 12.6. The van der Waals surface area contributed by atoms with E-state index in [0.717, 1.165) is 0 Å². The number of ketones is 1. The van der Waals surface area contributed by atoms with E-state index in [9.17, 15) is 4.79 Å². The zero-order valence-corrected chi connectivity index (χ0v) is 11.7. The van der Waals surface area contributed by atoms with Crippen molar-refractivity contribution in [2.45, 2.75) is 0 Å². The van der Waals surface area contributed by atoms with Crippen molar-refractivity contribution in [1.82, 2.24) is 0 Å². The van der Waals surface area contributed by atoms with Crippen molar-refractivity contribution in [2.24, 2.45) is 0 Å². The van der Waals surface area contributed by atoms with E-state index in [-0.39, 0.29) is 5.78 Å². The van der Waals surface area contributed by atoms with Crippen molar-refractivity contribution in [3.8, 4) is 49.4 Å². The van der Waals surface area contributed by atoms with Gasteiger partial charge >= 0.3 is 0 Å². The molecule has 1 heteroatoms. The summed E-state index contributed by atoms with van der Waals surface area (Å²) in [6.07, 6.45) is 21.6. The summed E-state index contributed by atoms with van der Waals surface area (Å²) < 4.78 is 0. The highest BCUT2D eigenvalue weighted by molar-refractivity contribution is 6.09. The molecule has 0 radical (unpaired) electrons. The maximum atomic E-state index is 12.6. The van der Waals surface area contributed by atoms with Crippen LogP contribution < -0.4 is 0 Å². The van der Waals surface area contributed by atoms with Crippen LogP contribution in [0.1, 0.15) is 38.2 Å². The molecule has 0 saturated heterocycles. The lowest BCUT2D eigenvalue weighted by atomic mass is 9.96. The number of carbonyl (C=O) groups is 1. The molecule has 0 unspecified atom stereocenters. The van der Waals surface area contributed by atoms with Crippen molar-refractivity contribution in [1.29, 1.82) is 0 Å². The predicted octanol–water partition coefficient (Wildman–Crippen LogP) is 2.84. The molecular weight excluding hydrogens is 268 g/mol. The van der Waals surface area contributed by atoms with Crippen molar-refractivity contribution in [3.63, 3.8) is 0 Å². The lowest BCUT2D eigenvalue weighted by molar-refractivity contribution is 0.103. The normalized spacial score (nSPS) is 8.91. The smallest absolute Gasteiger partial charge is 0.193 e. The number of hydrogen-bond acceptors (Lipinski definition) is 1. The van der Waals surface area contributed by atoms with E-state index >= 15 is 0 Å². The molecule has 0 saturated carbocycles. The van der Waals surface area contributed by atoms with Gasteiger partial charge in [0, 0.05) is 33.4 Å². The molecule has 0 N–H and O–H groups in total.